The van der Waals surface area contributed by atoms with Gasteiger partial charge in [-0.05, 0) is 19.1 Å². The average molecular weight is 333 g/mol. The van der Waals surface area contributed by atoms with Crippen molar-refractivity contribution >= 4 is 11.8 Å². The molecule has 0 aliphatic carbocycles. The first-order valence-corrected chi connectivity index (χ1v) is 8.14. The van der Waals surface area contributed by atoms with Crippen molar-refractivity contribution in [3.05, 3.63) is 47.7 Å². The lowest BCUT2D eigenvalue weighted by Crippen LogP contribution is -2.46. The Balaban J connectivity index is 1.58. The topological polar surface area (TPSA) is 44.3 Å². The lowest BCUT2D eigenvalue weighted by atomic mass is 10.2. The van der Waals surface area contributed by atoms with Crippen LogP contribution in [-0.2, 0) is 6.54 Å². The van der Waals surface area contributed by atoms with Crippen LogP contribution in [0.3, 0.4) is 0 Å². The first-order valence-electron chi connectivity index (χ1n) is 8.14. The van der Waals surface area contributed by atoms with Crippen molar-refractivity contribution in [2.45, 2.75) is 13.5 Å². The minimum atomic E-state index is -0.540. The van der Waals surface area contributed by atoms with Gasteiger partial charge in [0.1, 0.15) is 17.5 Å². The molecular formula is C17H21F2N5. The maximum atomic E-state index is 13.8. The number of piperazine rings is 1. The van der Waals surface area contributed by atoms with E-state index in [1.54, 1.807) is 6.20 Å². The lowest BCUT2D eigenvalue weighted by molar-refractivity contribution is 0.246. The van der Waals surface area contributed by atoms with Crippen LogP contribution >= 0.6 is 0 Å². The number of nitrogens with one attached hydrogen (secondary N) is 1. The number of halogens is 2. The van der Waals surface area contributed by atoms with Crippen LogP contribution in [0.1, 0.15) is 12.5 Å². The summed E-state index contributed by atoms with van der Waals surface area (Å²) in [5.41, 5.74) is 0.529. The largest absolute Gasteiger partial charge is 0.354 e. The van der Waals surface area contributed by atoms with Gasteiger partial charge in [0.25, 0.3) is 0 Å². The van der Waals surface area contributed by atoms with Crippen molar-refractivity contribution in [1.82, 2.24) is 14.9 Å². The first-order chi connectivity index (χ1) is 11.7. The van der Waals surface area contributed by atoms with E-state index in [4.69, 9.17) is 0 Å². The van der Waals surface area contributed by atoms with Gasteiger partial charge >= 0.3 is 0 Å². The summed E-state index contributed by atoms with van der Waals surface area (Å²) < 4.78 is 26.7. The van der Waals surface area contributed by atoms with Crippen molar-refractivity contribution in [2.24, 2.45) is 0 Å². The highest BCUT2D eigenvalue weighted by Crippen LogP contribution is 2.17. The minimum Gasteiger partial charge on any atom is -0.354 e. The van der Waals surface area contributed by atoms with Gasteiger partial charge in [-0.1, -0.05) is 6.07 Å². The third-order valence-electron chi connectivity index (χ3n) is 4.08. The van der Waals surface area contributed by atoms with Gasteiger partial charge in [-0.25, -0.2) is 13.8 Å². The number of anilines is 2. The smallest absolute Gasteiger partial charge is 0.224 e. The van der Waals surface area contributed by atoms with Crippen LogP contribution < -0.4 is 10.2 Å². The highest BCUT2D eigenvalue weighted by molar-refractivity contribution is 5.42. The van der Waals surface area contributed by atoms with Gasteiger partial charge in [-0.2, -0.15) is 4.98 Å². The number of benzene rings is 1. The van der Waals surface area contributed by atoms with Crippen molar-refractivity contribution in [3.63, 3.8) is 0 Å². The van der Waals surface area contributed by atoms with E-state index in [0.29, 0.717) is 18.1 Å². The number of hydrogen-bond donors (Lipinski definition) is 1. The zero-order valence-electron chi connectivity index (χ0n) is 13.7. The molecule has 3 rings (SSSR count). The molecule has 0 unspecified atom stereocenters. The van der Waals surface area contributed by atoms with Crippen LogP contribution in [0, 0.1) is 11.6 Å². The Bertz CT molecular complexity index is 686. The Morgan fingerprint density at radius 3 is 2.62 bits per heavy atom. The summed E-state index contributed by atoms with van der Waals surface area (Å²) in [6.45, 7) is 6.50. The Morgan fingerprint density at radius 2 is 1.92 bits per heavy atom. The second-order valence-electron chi connectivity index (χ2n) is 5.77. The zero-order chi connectivity index (χ0) is 16.9. The zero-order valence-corrected chi connectivity index (χ0v) is 13.7. The molecule has 0 atom stereocenters. The van der Waals surface area contributed by atoms with E-state index in [9.17, 15) is 8.78 Å². The van der Waals surface area contributed by atoms with E-state index in [2.05, 4.69) is 25.1 Å². The monoisotopic (exact) mass is 333 g/mol. The third kappa shape index (κ3) is 3.97. The summed E-state index contributed by atoms with van der Waals surface area (Å²) in [7, 11) is 0. The fraction of sp³-hybridized carbons (Fsp3) is 0.412. The molecule has 0 bridgehead atoms. The van der Waals surface area contributed by atoms with E-state index >= 15 is 0 Å². The molecule has 128 valence electrons. The highest BCUT2D eigenvalue weighted by Gasteiger charge is 2.19. The fourth-order valence-electron chi connectivity index (χ4n) is 2.79. The maximum Gasteiger partial charge on any atom is 0.224 e. The van der Waals surface area contributed by atoms with Crippen LogP contribution in [0.25, 0.3) is 0 Å². The van der Waals surface area contributed by atoms with Crippen molar-refractivity contribution in [2.75, 3.05) is 42.9 Å². The summed E-state index contributed by atoms with van der Waals surface area (Å²) in [6.07, 6.45) is 1.75. The molecule has 2 aromatic rings. The van der Waals surface area contributed by atoms with E-state index in [1.165, 1.54) is 12.1 Å². The predicted octanol–water partition coefficient (Wildman–Crippen LogP) is 2.51. The summed E-state index contributed by atoms with van der Waals surface area (Å²) in [4.78, 5) is 13.0. The molecule has 0 spiro atoms. The number of aromatic nitrogens is 2. The molecule has 1 N–H and O–H groups in total. The van der Waals surface area contributed by atoms with Crippen molar-refractivity contribution in [1.29, 1.82) is 0 Å². The molecule has 24 heavy (non-hydrogen) atoms. The SMILES string of the molecule is CCNc1nccc(N2CCN(Cc3ccc(F)cc3F)CC2)n1. The molecule has 1 fully saturated rings. The van der Waals surface area contributed by atoms with Gasteiger partial charge in [-0.3, -0.25) is 4.90 Å². The molecule has 2 heterocycles. The Hall–Kier alpha value is -2.28. The molecule has 0 radical (unpaired) electrons. The van der Waals surface area contributed by atoms with Gasteiger partial charge in [-0.15, -0.1) is 0 Å². The van der Waals surface area contributed by atoms with Gasteiger partial charge < -0.3 is 10.2 Å². The van der Waals surface area contributed by atoms with Crippen LogP contribution in [0.5, 0.6) is 0 Å². The molecule has 1 saturated heterocycles. The average Bonchev–Trinajstić information content (AvgIpc) is 2.59. The molecule has 1 aliphatic rings. The van der Waals surface area contributed by atoms with Gasteiger partial charge in [0.2, 0.25) is 5.95 Å². The van der Waals surface area contributed by atoms with E-state index in [1.807, 2.05) is 13.0 Å². The van der Waals surface area contributed by atoms with E-state index < -0.39 is 11.6 Å². The molecule has 1 aromatic heterocycles. The summed E-state index contributed by atoms with van der Waals surface area (Å²) >= 11 is 0. The van der Waals surface area contributed by atoms with Crippen LogP contribution in [0.2, 0.25) is 0 Å². The standard InChI is InChI=1S/C17H21F2N5/c1-2-20-17-21-6-5-16(22-17)24-9-7-23(8-10-24)12-13-3-4-14(18)11-15(13)19/h3-6,11H,2,7-10,12H2,1H3,(H,20,21,22). The Labute approximate surface area is 140 Å². The molecule has 7 heteroatoms. The van der Waals surface area contributed by atoms with Crippen LogP contribution in [-0.4, -0.2) is 47.6 Å². The normalized spacial score (nSPS) is 15.5. The molecule has 1 aromatic carbocycles. The predicted molar refractivity (Wildman–Crippen MR) is 90.0 cm³/mol. The summed E-state index contributed by atoms with van der Waals surface area (Å²) in [6, 6.07) is 5.66. The van der Waals surface area contributed by atoms with Crippen molar-refractivity contribution < 1.29 is 8.78 Å². The van der Waals surface area contributed by atoms with E-state index in [0.717, 1.165) is 44.6 Å². The number of hydrogen-bond acceptors (Lipinski definition) is 5. The molecule has 5 nitrogen and oxygen atoms in total. The molecule has 1 aliphatic heterocycles. The highest BCUT2D eigenvalue weighted by atomic mass is 19.1. The number of rotatable bonds is 5. The van der Waals surface area contributed by atoms with Crippen molar-refractivity contribution in [3.8, 4) is 0 Å². The molecular weight excluding hydrogens is 312 g/mol. The van der Waals surface area contributed by atoms with E-state index in [-0.39, 0.29) is 0 Å². The Kier molecular flexibility index (Phi) is 5.20. The van der Waals surface area contributed by atoms with Gasteiger partial charge in [0, 0.05) is 57.1 Å². The minimum absolute atomic E-state index is 0.483. The summed E-state index contributed by atoms with van der Waals surface area (Å²) in [5.74, 6) is 0.504. The number of nitrogens with zero attached hydrogens (tertiary/aromatic N) is 4. The molecule has 0 amide bonds. The van der Waals surface area contributed by atoms with Crippen LogP contribution in [0.15, 0.2) is 30.5 Å². The third-order valence-corrected chi connectivity index (χ3v) is 4.08. The maximum absolute atomic E-state index is 13.8. The summed E-state index contributed by atoms with van der Waals surface area (Å²) in [5, 5.41) is 3.11. The van der Waals surface area contributed by atoms with Gasteiger partial charge in [0.15, 0.2) is 0 Å². The van der Waals surface area contributed by atoms with Crippen LogP contribution in [0.4, 0.5) is 20.5 Å². The molecule has 0 saturated carbocycles. The first kappa shape index (κ1) is 16.6. The lowest BCUT2D eigenvalue weighted by Gasteiger charge is -2.35. The fourth-order valence-corrected chi connectivity index (χ4v) is 2.79. The second-order valence-corrected chi connectivity index (χ2v) is 5.77. The Morgan fingerprint density at radius 1 is 1.12 bits per heavy atom. The quantitative estimate of drug-likeness (QED) is 0.911. The second kappa shape index (κ2) is 7.53. The van der Waals surface area contributed by atoms with Gasteiger partial charge in [0.05, 0.1) is 0 Å².